The number of thiazole rings is 1. The molecule has 2 aromatic rings. The molecule has 3 nitrogen and oxygen atoms in total. The molecule has 3 rings (SSSR count). The summed E-state index contributed by atoms with van der Waals surface area (Å²) in [6.07, 6.45) is 9.31. The molecule has 108 valence electrons. The SMILES string of the molecule is CCCc1nc(-c2ccco2)sc1CNC1CCCC1. The van der Waals surface area contributed by atoms with Crippen LogP contribution in [0.5, 0.6) is 0 Å². The van der Waals surface area contributed by atoms with Crippen molar-refractivity contribution in [1.29, 1.82) is 0 Å². The van der Waals surface area contributed by atoms with Crippen molar-refractivity contribution < 1.29 is 4.42 Å². The second kappa shape index (κ2) is 6.55. The average molecular weight is 290 g/mol. The molecule has 0 spiro atoms. The van der Waals surface area contributed by atoms with E-state index in [1.807, 2.05) is 12.1 Å². The zero-order valence-corrected chi connectivity index (χ0v) is 12.8. The van der Waals surface area contributed by atoms with Crippen LogP contribution in [0.1, 0.15) is 49.6 Å². The highest BCUT2D eigenvalue weighted by Crippen LogP contribution is 2.29. The molecule has 0 aromatic carbocycles. The summed E-state index contributed by atoms with van der Waals surface area (Å²) in [4.78, 5) is 6.15. The Hall–Kier alpha value is -1.13. The third kappa shape index (κ3) is 3.13. The first kappa shape index (κ1) is 13.8. The van der Waals surface area contributed by atoms with Crippen LogP contribution in [-0.4, -0.2) is 11.0 Å². The third-order valence-electron chi connectivity index (χ3n) is 3.90. The van der Waals surface area contributed by atoms with Crippen LogP contribution in [0, 0.1) is 0 Å². The van der Waals surface area contributed by atoms with Crippen LogP contribution in [0.2, 0.25) is 0 Å². The summed E-state index contributed by atoms with van der Waals surface area (Å²) in [5.41, 5.74) is 1.24. The summed E-state index contributed by atoms with van der Waals surface area (Å²) in [5.74, 6) is 0.888. The van der Waals surface area contributed by atoms with Gasteiger partial charge in [-0.15, -0.1) is 11.3 Å². The Kier molecular flexibility index (Phi) is 4.53. The van der Waals surface area contributed by atoms with Crippen molar-refractivity contribution in [3.05, 3.63) is 29.0 Å². The van der Waals surface area contributed by atoms with Crippen molar-refractivity contribution in [2.24, 2.45) is 0 Å². The Morgan fingerprint density at radius 2 is 2.25 bits per heavy atom. The van der Waals surface area contributed by atoms with Gasteiger partial charge in [-0.05, 0) is 31.4 Å². The topological polar surface area (TPSA) is 38.1 Å². The number of hydrogen-bond acceptors (Lipinski definition) is 4. The summed E-state index contributed by atoms with van der Waals surface area (Å²) < 4.78 is 5.47. The predicted octanol–water partition coefficient (Wildman–Crippen LogP) is 4.39. The molecule has 0 bridgehead atoms. The molecule has 1 aliphatic carbocycles. The van der Waals surface area contributed by atoms with Crippen molar-refractivity contribution in [3.63, 3.8) is 0 Å². The Morgan fingerprint density at radius 3 is 2.95 bits per heavy atom. The standard InChI is InChI=1S/C16H22N2OS/c1-2-6-13-15(11-17-12-7-3-4-8-12)20-16(18-13)14-9-5-10-19-14/h5,9-10,12,17H,2-4,6-8,11H2,1H3. The molecule has 0 aliphatic heterocycles. The van der Waals surface area contributed by atoms with Crippen LogP contribution in [-0.2, 0) is 13.0 Å². The number of nitrogens with one attached hydrogen (secondary N) is 1. The van der Waals surface area contributed by atoms with E-state index < -0.39 is 0 Å². The fourth-order valence-corrected chi connectivity index (χ4v) is 3.85. The van der Waals surface area contributed by atoms with E-state index in [1.165, 1.54) is 36.3 Å². The molecule has 1 aliphatic rings. The first-order valence-electron chi connectivity index (χ1n) is 7.62. The van der Waals surface area contributed by atoms with Crippen molar-refractivity contribution in [2.75, 3.05) is 0 Å². The van der Waals surface area contributed by atoms with E-state index in [4.69, 9.17) is 9.40 Å². The Bertz CT molecular complexity index is 527. The van der Waals surface area contributed by atoms with Crippen LogP contribution in [0.3, 0.4) is 0 Å². The van der Waals surface area contributed by atoms with Gasteiger partial charge in [0.1, 0.15) is 0 Å². The zero-order valence-electron chi connectivity index (χ0n) is 12.0. The number of hydrogen-bond donors (Lipinski definition) is 1. The minimum absolute atomic E-state index is 0.707. The van der Waals surface area contributed by atoms with E-state index >= 15 is 0 Å². The van der Waals surface area contributed by atoms with Gasteiger partial charge in [-0.1, -0.05) is 26.2 Å². The van der Waals surface area contributed by atoms with Gasteiger partial charge in [0.25, 0.3) is 0 Å². The van der Waals surface area contributed by atoms with E-state index in [9.17, 15) is 0 Å². The minimum atomic E-state index is 0.707. The van der Waals surface area contributed by atoms with E-state index in [2.05, 4.69) is 12.2 Å². The molecule has 20 heavy (non-hydrogen) atoms. The van der Waals surface area contributed by atoms with Crippen LogP contribution in [0.4, 0.5) is 0 Å². The van der Waals surface area contributed by atoms with Gasteiger partial charge in [0.2, 0.25) is 0 Å². The molecule has 0 saturated heterocycles. The normalized spacial score (nSPS) is 16.1. The van der Waals surface area contributed by atoms with Gasteiger partial charge in [-0.3, -0.25) is 0 Å². The molecule has 1 saturated carbocycles. The van der Waals surface area contributed by atoms with E-state index in [0.29, 0.717) is 6.04 Å². The minimum Gasteiger partial charge on any atom is -0.462 e. The van der Waals surface area contributed by atoms with Crippen molar-refractivity contribution >= 4 is 11.3 Å². The molecular formula is C16H22N2OS. The highest BCUT2D eigenvalue weighted by Gasteiger charge is 2.17. The summed E-state index contributed by atoms with van der Waals surface area (Å²) >= 11 is 1.77. The largest absolute Gasteiger partial charge is 0.462 e. The Morgan fingerprint density at radius 1 is 1.40 bits per heavy atom. The smallest absolute Gasteiger partial charge is 0.162 e. The quantitative estimate of drug-likeness (QED) is 0.857. The molecule has 4 heteroatoms. The predicted molar refractivity (Wildman–Crippen MR) is 82.9 cm³/mol. The van der Waals surface area contributed by atoms with Crippen molar-refractivity contribution in [3.8, 4) is 10.8 Å². The molecular weight excluding hydrogens is 268 g/mol. The Balaban J connectivity index is 1.73. The molecule has 0 amide bonds. The highest BCUT2D eigenvalue weighted by molar-refractivity contribution is 7.15. The molecule has 1 fully saturated rings. The Labute approximate surface area is 124 Å². The van der Waals surface area contributed by atoms with Crippen LogP contribution >= 0.6 is 11.3 Å². The van der Waals surface area contributed by atoms with Crippen molar-refractivity contribution in [1.82, 2.24) is 10.3 Å². The summed E-state index contributed by atoms with van der Waals surface area (Å²) in [6, 6.07) is 4.62. The van der Waals surface area contributed by atoms with Gasteiger partial charge in [0.05, 0.1) is 12.0 Å². The maximum Gasteiger partial charge on any atom is 0.162 e. The number of rotatable bonds is 6. The second-order valence-electron chi connectivity index (χ2n) is 5.48. The number of aryl methyl sites for hydroxylation is 1. The van der Waals surface area contributed by atoms with Gasteiger partial charge in [-0.25, -0.2) is 4.98 Å². The summed E-state index contributed by atoms with van der Waals surface area (Å²) in [5, 5.41) is 4.71. The molecule has 0 unspecified atom stereocenters. The fraction of sp³-hybridized carbons (Fsp3) is 0.562. The van der Waals surface area contributed by atoms with E-state index in [-0.39, 0.29) is 0 Å². The molecule has 2 heterocycles. The van der Waals surface area contributed by atoms with Gasteiger partial charge < -0.3 is 9.73 Å². The molecule has 0 atom stereocenters. The number of furan rings is 1. The van der Waals surface area contributed by atoms with Crippen LogP contribution < -0.4 is 5.32 Å². The maximum atomic E-state index is 5.47. The lowest BCUT2D eigenvalue weighted by atomic mass is 10.2. The summed E-state index contributed by atoms with van der Waals surface area (Å²) in [7, 11) is 0. The maximum absolute atomic E-state index is 5.47. The van der Waals surface area contributed by atoms with Gasteiger partial charge in [-0.2, -0.15) is 0 Å². The second-order valence-corrected chi connectivity index (χ2v) is 6.56. The lowest BCUT2D eigenvalue weighted by Crippen LogP contribution is -2.25. The highest BCUT2D eigenvalue weighted by atomic mass is 32.1. The van der Waals surface area contributed by atoms with Crippen LogP contribution in [0.15, 0.2) is 22.8 Å². The monoisotopic (exact) mass is 290 g/mol. The fourth-order valence-electron chi connectivity index (χ4n) is 2.83. The van der Waals surface area contributed by atoms with Gasteiger partial charge >= 0.3 is 0 Å². The molecule has 0 radical (unpaired) electrons. The third-order valence-corrected chi connectivity index (χ3v) is 5.02. The first-order chi connectivity index (χ1) is 9.86. The van der Waals surface area contributed by atoms with Gasteiger partial charge in [0, 0.05) is 17.5 Å². The van der Waals surface area contributed by atoms with Gasteiger partial charge in [0.15, 0.2) is 10.8 Å². The number of aromatic nitrogens is 1. The first-order valence-corrected chi connectivity index (χ1v) is 8.44. The van der Waals surface area contributed by atoms with E-state index in [0.717, 1.165) is 30.2 Å². The molecule has 2 aromatic heterocycles. The average Bonchev–Trinajstić information content (AvgIpc) is 3.19. The van der Waals surface area contributed by atoms with Crippen molar-refractivity contribution in [2.45, 2.75) is 58.0 Å². The zero-order chi connectivity index (χ0) is 13.8. The lowest BCUT2D eigenvalue weighted by molar-refractivity contribution is 0.525. The van der Waals surface area contributed by atoms with Crippen LogP contribution in [0.25, 0.3) is 10.8 Å². The summed E-state index contributed by atoms with van der Waals surface area (Å²) in [6.45, 7) is 3.17. The number of nitrogens with zero attached hydrogens (tertiary/aromatic N) is 1. The molecule has 1 N–H and O–H groups in total. The van der Waals surface area contributed by atoms with E-state index in [1.54, 1.807) is 17.6 Å². The lowest BCUT2D eigenvalue weighted by Gasteiger charge is -2.11.